The maximum absolute atomic E-state index is 12.1. The van der Waals surface area contributed by atoms with Gasteiger partial charge in [0.15, 0.2) is 5.78 Å². The Morgan fingerprint density at radius 1 is 1.00 bits per heavy atom. The van der Waals surface area contributed by atoms with Crippen molar-refractivity contribution in [2.24, 2.45) is 0 Å². The van der Waals surface area contributed by atoms with Crippen molar-refractivity contribution in [1.29, 1.82) is 0 Å². The summed E-state index contributed by atoms with van der Waals surface area (Å²) in [7, 11) is -1.27. The lowest BCUT2D eigenvalue weighted by Gasteiger charge is -2.04. The summed E-state index contributed by atoms with van der Waals surface area (Å²) in [6.45, 7) is 1.89. The van der Waals surface area contributed by atoms with Gasteiger partial charge in [0.1, 0.15) is 0 Å². The van der Waals surface area contributed by atoms with E-state index >= 15 is 0 Å². The first-order chi connectivity index (χ1) is 8.68. The molecule has 0 N–H and O–H groups in total. The first-order valence-corrected chi connectivity index (χ1v) is 7.02. The molecule has 0 saturated heterocycles. The largest absolute Gasteiger partial charge is 0.293 e. The topological polar surface area (TPSA) is 34.1 Å². The Labute approximate surface area is 109 Å². The highest BCUT2D eigenvalue weighted by atomic mass is 32.2. The van der Waals surface area contributed by atoms with E-state index in [1.54, 1.807) is 18.2 Å². The zero-order chi connectivity index (χ0) is 13.0. The third kappa shape index (κ3) is 2.93. The third-order valence-corrected chi connectivity index (χ3v) is 4.04. The third-order valence-electron chi connectivity index (χ3n) is 2.71. The van der Waals surface area contributed by atoms with Crippen LogP contribution in [0.2, 0.25) is 0 Å². The first-order valence-electron chi connectivity index (χ1n) is 5.71. The predicted molar refractivity (Wildman–Crippen MR) is 73.2 cm³/mol. The Kier molecular flexibility index (Phi) is 4.05. The van der Waals surface area contributed by atoms with Gasteiger partial charge >= 0.3 is 0 Å². The van der Waals surface area contributed by atoms with E-state index in [-0.39, 0.29) is 11.5 Å². The molecule has 0 aromatic heterocycles. The number of hydrogen-bond donors (Lipinski definition) is 0. The van der Waals surface area contributed by atoms with Crippen LogP contribution in [-0.2, 0) is 10.8 Å². The molecule has 0 fully saturated rings. The van der Waals surface area contributed by atoms with Crippen LogP contribution in [0.1, 0.15) is 15.9 Å². The van der Waals surface area contributed by atoms with Gasteiger partial charge in [-0.2, -0.15) is 0 Å². The molecular formula is C15H14O2S. The van der Waals surface area contributed by atoms with Crippen molar-refractivity contribution in [1.82, 2.24) is 0 Å². The summed E-state index contributed by atoms with van der Waals surface area (Å²) >= 11 is 0. The van der Waals surface area contributed by atoms with Crippen LogP contribution in [0.25, 0.3) is 0 Å². The van der Waals surface area contributed by atoms with E-state index in [4.69, 9.17) is 0 Å². The van der Waals surface area contributed by atoms with Gasteiger partial charge in [-0.25, -0.2) is 0 Å². The monoisotopic (exact) mass is 258 g/mol. The zero-order valence-corrected chi connectivity index (χ0v) is 10.9. The molecule has 2 aromatic rings. The number of aryl methyl sites for hydroxylation is 1. The van der Waals surface area contributed by atoms with Crippen molar-refractivity contribution in [2.75, 3.05) is 5.75 Å². The quantitative estimate of drug-likeness (QED) is 0.790. The Morgan fingerprint density at radius 3 is 2.28 bits per heavy atom. The summed E-state index contributed by atoms with van der Waals surface area (Å²) in [5.41, 5.74) is 1.58. The molecule has 2 rings (SSSR count). The fourth-order valence-corrected chi connectivity index (χ4v) is 2.76. The number of carbonyl (C=O) groups is 1. The molecule has 0 aliphatic carbocycles. The second-order valence-electron chi connectivity index (χ2n) is 4.04. The summed E-state index contributed by atoms with van der Waals surface area (Å²) in [6.07, 6.45) is 0. The molecule has 0 bridgehead atoms. The van der Waals surface area contributed by atoms with Crippen molar-refractivity contribution in [3.05, 3.63) is 65.7 Å². The number of ketones is 1. The smallest absolute Gasteiger partial charge is 0.175 e. The maximum atomic E-state index is 12.1. The van der Waals surface area contributed by atoms with Crippen molar-refractivity contribution < 1.29 is 9.00 Å². The highest BCUT2D eigenvalue weighted by molar-refractivity contribution is 7.85. The van der Waals surface area contributed by atoms with Gasteiger partial charge in [0, 0.05) is 10.5 Å². The van der Waals surface area contributed by atoms with Crippen LogP contribution in [0, 0.1) is 6.92 Å². The Balaban J connectivity index is 2.14. The molecule has 1 atom stereocenters. The molecule has 0 spiro atoms. The van der Waals surface area contributed by atoms with Gasteiger partial charge in [-0.3, -0.25) is 9.00 Å². The minimum Gasteiger partial charge on any atom is -0.293 e. The molecule has 0 saturated carbocycles. The van der Waals surface area contributed by atoms with Gasteiger partial charge in [0.2, 0.25) is 0 Å². The van der Waals surface area contributed by atoms with E-state index in [9.17, 15) is 9.00 Å². The average Bonchev–Trinajstić information content (AvgIpc) is 2.40. The summed E-state index contributed by atoms with van der Waals surface area (Å²) in [5.74, 6) is -0.0372. The molecule has 2 nitrogen and oxygen atoms in total. The van der Waals surface area contributed by atoms with Crippen LogP contribution in [0.4, 0.5) is 0 Å². The second-order valence-corrected chi connectivity index (χ2v) is 5.49. The lowest BCUT2D eigenvalue weighted by molar-refractivity contribution is 0.102. The SMILES string of the molecule is Cc1ccccc1C(=O)CS(=O)c1ccccc1. The molecule has 0 heterocycles. The van der Waals surface area contributed by atoms with Gasteiger partial charge < -0.3 is 0 Å². The fraction of sp³-hybridized carbons (Fsp3) is 0.133. The lowest BCUT2D eigenvalue weighted by Crippen LogP contribution is -2.12. The lowest BCUT2D eigenvalue weighted by atomic mass is 10.1. The van der Waals surface area contributed by atoms with E-state index < -0.39 is 10.8 Å². The standard InChI is InChI=1S/C15H14O2S/c1-12-7-5-6-10-14(12)15(16)11-18(17)13-8-3-2-4-9-13/h2-10H,11H2,1H3. The summed E-state index contributed by atoms with van der Waals surface area (Å²) in [4.78, 5) is 12.8. The summed E-state index contributed by atoms with van der Waals surface area (Å²) < 4.78 is 12.0. The van der Waals surface area contributed by atoms with Crippen molar-refractivity contribution in [2.45, 2.75) is 11.8 Å². The van der Waals surface area contributed by atoms with E-state index in [2.05, 4.69) is 0 Å². The summed E-state index contributed by atoms with van der Waals surface area (Å²) in [6, 6.07) is 16.5. The van der Waals surface area contributed by atoms with Gasteiger partial charge in [0.25, 0.3) is 0 Å². The van der Waals surface area contributed by atoms with Crippen molar-refractivity contribution in [3.63, 3.8) is 0 Å². The molecule has 0 amide bonds. The molecule has 18 heavy (non-hydrogen) atoms. The first kappa shape index (κ1) is 12.7. The predicted octanol–water partition coefficient (Wildman–Crippen LogP) is 2.99. The molecule has 0 aliphatic rings. The minimum atomic E-state index is -1.27. The van der Waals surface area contributed by atoms with Crippen LogP contribution in [0.3, 0.4) is 0 Å². The summed E-state index contributed by atoms with van der Waals surface area (Å²) in [5, 5.41) is 0. The van der Waals surface area contributed by atoms with E-state index in [1.807, 2.05) is 43.3 Å². The minimum absolute atomic E-state index is 0.0366. The highest BCUT2D eigenvalue weighted by Crippen LogP contribution is 2.11. The van der Waals surface area contributed by atoms with E-state index in [1.165, 1.54) is 0 Å². The Hall–Kier alpha value is -1.74. The van der Waals surface area contributed by atoms with Crippen LogP contribution in [0.15, 0.2) is 59.5 Å². The maximum Gasteiger partial charge on any atom is 0.175 e. The van der Waals surface area contributed by atoms with Crippen LogP contribution < -0.4 is 0 Å². The second kappa shape index (κ2) is 5.74. The number of rotatable bonds is 4. The molecule has 2 aromatic carbocycles. The molecule has 0 aliphatic heterocycles. The number of benzene rings is 2. The Bertz CT molecular complexity index is 576. The molecule has 0 radical (unpaired) electrons. The van der Waals surface area contributed by atoms with Crippen molar-refractivity contribution >= 4 is 16.6 Å². The molecule has 92 valence electrons. The average molecular weight is 258 g/mol. The molecular weight excluding hydrogens is 244 g/mol. The fourth-order valence-electron chi connectivity index (χ4n) is 1.74. The number of carbonyl (C=O) groups excluding carboxylic acids is 1. The van der Waals surface area contributed by atoms with E-state index in [0.717, 1.165) is 5.56 Å². The Morgan fingerprint density at radius 2 is 1.61 bits per heavy atom. The van der Waals surface area contributed by atoms with Gasteiger partial charge in [-0.1, -0.05) is 42.5 Å². The highest BCUT2D eigenvalue weighted by Gasteiger charge is 2.13. The van der Waals surface area contributed by atoms with E-state index in [0.29, 0.717) is 10.5 Å². The van der Waals surface area contributed by atoms with Crippen LogP contribution in [0.5, 0.6) is 0 Å². The normalized spacial score (nSPS) is 12.1. The van der Waals surface area contributed by atoms with Crippen LogP contribution >= 0.6 is 0 Å². The molecule has 3 heteroatoms. The van der Waals surface area contributed by atoms with Gasteiger partial charge in [0.05, 0.1) is 16.6 Å². The van der Waals surface area contributed by atoms with Crippen molar-refractivity contribution in [3.8, 4) is 0 Å². The zero-order valence-electron chi connectivity index (χ0n) is 10.1. The van der Waals surface area contributed by atoms with Gasteiger partial charge in [-0.05, 0) is 24.6 Å². The number of Topliss-reactive ketones (excluding diaryl/α,β-unsaturated/α-hetero) is 1. The van der Waals surface area contributed by atoms with Gasteiger partial charge in [-0.15, -0.1) is 0 Å². The van der Waals surface area contributed by atoms with Crippen LogP contribution in [-0.4, -0.2) is 15.7 Å². The number of hydrogen-bond acceptors (Lipinski definition) is 2. The molecule has 1 unspecified atom stereocenters.